The lowest BCUT2D eigenvalue weighted by Crippen LogP contribution is -2.39. The smallest absolute Gasteiger partial charge is 0.245 e. The monoisotopic (exact) mass is 367 g/mol. The van der Waals surface area contributed by atoms with Crippen LogP contribution in [0, 0.1) is 0 Å². The molecule has 0 spiro atoms. The summed E-state index contributed by atoms with van der Waals surface area (Å²) in [7, 11) is 1.53. The first-order valence-corrected chi connectivity index (χ1v) is 8.58. The van der Waals surface area contributed by atoms with Gasteiger partial charge in [-0.3, -0.25) is 4.79 Å². The quantitative estimate of drug-likeness (QED) is 0.851. The topological polar surface area (TPSA) is 77.2 Å². The maximum absolute atomic E-state index is 12.0. The molecule has 7 heteroatoms. The maximum Gasteiger partial charge on any atom is 0.245 e. The predicted molar refractivity (Wildman–Crippen MR) is 99.1 cm³/mol. The number of hydrogen-bond acceptors (Lipinski definition) is 5. The molecule has 3 N–H and O–H groups in total. The van der Waals surface area contributed by atoms with Crippen LogP contribution >= 0.6 is 23.7 Å². The number of hydrogen-bond donors (Lipinski definition) is 2. The lowest BCUT2D eigenvalue weighted by molar-refractivity contribution is -0.118. The first kappa shape index (κ1) is 18.9. The molecule has 3 rings (SSSR count). The Labute approximate surface area is 152 Å². The van der Waals surface area contributed by atoms with E-state index >= 15 is 0 Å². The fourth-order valence-electron chi connectivity index (χ4n) is 2.89. The van der Waals surface area contributed by atoms with Gasteiger partial charge in [0.15, 0.2) is 5.13 Å². The van der Waals surface area contributed by atoms with Gasteiger partial charge in [-0.25, -0.2) is 4.98 Å². The summed E-state index contributed by atoms with van der Waals surface area (Å²) in [5, 5.41) is 3.44. The molecule has 0 fully saturated rings. The van der Waals surface area contributed by atoms with Crippen molar-refractivity contribution in [2.75, 3.05) is 19.0 Å². The van der Waals surface area contributed by atoms with E-state index in [2.05, 4.69) is 34.6 Å². The Kier molecular flexibility index (Phi) is 6.74. The molecule has 0 radical (unpaired) electrons. The number of fused-ring (bicyclic) bond motifs is 1. The van der Waals surface area contributed by atoms with Gasteiger partial charge in [0.2, 0.25) is 5.91 Å². The number of aryl methyl sites for hydroxylation is 1. The molecule has 0 bridgehead atoms. The van der Waals surface area contributed by atoms with Crippen LogP contribution in [-0.2, 0) is 22.4 Å². The number of nitrogens with zero attached hydrogens (tertiary/aromatic N) is 1. The molecule has 1 heterocycles. The Balaban J connectivity index is 0.00000208. The summed E-state index contributed by atoms with van der Waals surface area (Å²) in [6, 6.07) is 9.91. The second-order valence-corrected chi connectivity index (χ2v) is 6.87. The van der Waals surface area contributed by atoms with E-state index in [-0.39, 0.29) is 24.9 Å². The Morgan fingerprint density at radius 2 is 2.21 bits per heavy atom. The fourth-order valence-corrected chi connectivity index (χ4v) is 3.98. The zero-order valence-electron chi connectivity index (χ0n) is 13.5. The average Bonchev–Trinajstić information content (AvgIpc) is 2.97. The van der Waals surface area contributed by atoms with Crippen LogP contribution in [0.4, 0.5) is 5.13 Å². The van der Waals surface area contributed by atoms with Gasteiger partial charge < -0.3 is 15.8 Å². The minimum Gasteiger partial charge on any atom is -0.383 e. The standard InChI is InChI=1S/C17H21N3O2S.ClH/c1-22-10-13(18)16(21)20-17-19-14-8-7-12(9-15(14)23-17)11-5-3-2-4-6-11;/h2-6,12-13H,7-10,18H2,1H3,(H,19,20,21);1H. The molecule has 1 aliphatic carbocycles. The van der Waals surface area contributed by atoms with E-state index in [4.69, 9.17) is 10.5 Å². The van der Waals surface area contributed by atoms with Crippen LogP contribution in [0.1, 0.15) is 28.5 Å². The van der Waals surface area contributed by atoms with Gasteiger partial charge in [0.1, 0.15) is 6.04 Å². The molecule has 130 valence electrons. The van der Waals surface area contributed by atoms with Crippen LogP contribution in [-0.4, -0.2) is 30.6 Å². The van der Waals surface area contributed by atoms with Crippen LogP contribution in [0.25, 0.3) is 0 Å². The number of anilines is 1. The van der Waals surface area contributed by atoms with Crippen LogP contribution in [0.2, 0.25) is 0 Å². The van der Waals surface area contributed by atoms with Crippen molar-refractivity contribution in [3.8, 4) is 0 Å². The van der Waals surface area contributed by atoms with Crippen molar-refractivity contribution in [3.05, 3.63) is 46.5 Å². The van der Waals surface area contributed by atoms with Crippen LogP contribution in [0.15, 0.2) is 30.3 Å². The summed E-state index contributed by atoms with van der Waals surface area (Å²) >= 11 is 1.56. The molecule has 1 amide bonds. The number of nitrogens with two attached hydrogens (primary N) is 1. The summed E-state index contributed by atoms with van der Waals surface area (Å²) in [5.74, 6) is 0.279. The van der Waals surface area contributed by atoms with Crippen molar-refractivity contribution in [1.82, 2.24) is 4.98 Å². The van der Waals surface area contributed by atoms with Crippen LogP contribution in [0.3, 0.4) is 0 Å². The number of nitrogens with one attached hydrogen (secondary N) is 1. The Morgan fingerprint density at radius 3 is 2.92 bits per heavy atom. The van der Waals surface area contributed by atoms with E-state index in [0.29, 0.717) is 11.0 Å². The summed E-state index contributed by atoms with van der Waals surface area (Å²) in [6.07, 6.45) is 3.03. The van der Waals surface area contributed by atoms with Gasteiger partial charge in [-0.15, -0.1) is 23.7 Å². The SMILES string of the molecule is COCC(N)C(=O)Nc1nc2c(s1)CC(c1ccccc1)CC2.Cl. The molecule has 0 saturated heterocycles. The highest BCUT2D eigenvalue weighted by Crippen LogP contribution is 2.36. The Hall–Kier alpha value is -1.47. The van der Waals surface area contributed by atoms with E-state index in [1.165, 1.54) is 17.6 Å². The van der Waals surface area contributed by atoms with E-state index in [1.54, 1.807) is 11.3 Å². The molecule has 1 aromatic heterocycles. The first-order chi connectivity index (χ1) is 11.2. The van der Waals surface area contributed by atoms with Crippen LogP contribution in [0.5, 0.6) is 0 Å². The number of rotatable bonds is 5. The number of ether oxygens (including phenoxy) is 1. The van der Waals surface area contributed by atoms with Crippen molar-refractivity contribution in [2.24, 2.45) is 5.73 Å². The third-order valence-electron chi connectivity index (χ3n) is 4.12. The Bertz CT molecular complexity index is 678. The Morgan fingerprint density at radius 1 is 1.46 bits per heavy atom. The van der Waals surface area contributed by atoms with Gasteiger partial charge in [-0.1, -0.05) is 30.3 Å². The number of halogens is 1. The molecule has 2 unspecified atom stereocenters. The summed E-state index contributed by atoms with van der Waals surface area (Å²) in [6.45, 7) is 0.201. The van der Waals surface area contributed by atoms with Gasteiger partial charge in [0.05, 0.1) is 12.3 Å². The van der Waals surface area contributed by atoms with E-state index in [0.717, 1.165) is 25.0 Å². The number of benzene rings is 1. The second kappa shape index (κ2) is 8.58. The van der Waals surface area contributed by atoms with Crippen molar-refractivity contribution in [2.45, 2.75) is 31.2 Å². The predicted octanol–water partition coefficient (Wildman–Crippen LogP) is 2.75. The van der Waals surface area contributed by atoms with Gasteiger partial charge in [-0.05, 0) is 30.7 Å². The zero-order valence-corrected chi connectivity index (χ0v) is 15.2. The molecule has 2 aromatic rings. The zero-order chi connectivity index (χ0) is 16.2. The first-order valence-electron chi connectivity index (χ1n) is 7.76. The minimum atomic E-state index is -0.669. The molecule has 1 aliphatic rings. The highest BCUT2D eigenvalue weighted by molar-refractivity contribution is 7.15. The number of thiazole rings is 1. The number of carbonyl (C=O) groups excluding carboxylic acids is 1. The molecule has 0 aliphatic heterocycles. The van der Waals surface area contributed by atoms with Crippen molar-refractivity contribution >= 4 is 34.8 Å². The molecule has 1 aromatic carbocycles. The highest BCUT2D eigenvalue weighted by Gasteiger charge is 2.24. The van der Waals surface area contributed by atoms with Crippen molar-refractivity contribution in [3.63, 3.8) is 0 Å². The summed E-state index contributed by atoms with van der Waals surface area (Å²) in [5.41, 5.74) is 8.22. The second-order valence-electron chi connectivity index (χ2n) is 5.79. The lowest BCUT2D eigenvalue weighted by atomic mass is 9.85. The lowest BCUT2D eigenvalue weighted by Gasteiger charge is -2.21. The average molecular weight is 368 g/mol. The van der Waals surface area contributed by atoms with Crippen molar-refractivity contribution in [1.29, 1.82) is 0 Å². The molecule has 5 nitrogen and oxygen atoms in total. The number of methoxy groups -OCH3 is 1. The normalized spacial score (nSPS) is 17.5. The summed E-state index contributed by atoms with van der Waals surface area (Å²) < 4.78 is 4.90. The molecular weight excluding hydrogens is 346 g/mol. The minimum absolute atomic E-state index is 0. The van der Waals surface area contributed by atoms with Crippen molar-refractivity contribution < 1.29 is 9.53 Å². The maximum atomic E-state index is 12.0. The van der Waals surface area contributed by atoms with Crippen LogP contribution < -0.4 is 11.1 Å². The van der Waals surface area contributed by atoms with Gasteiger partial charge >= 0.3 is 0 Å². The fraction of sp³-hybridized carbons (Fsp3) is 0.412. The molecule has 24 heavy (non-hydrogen) atoms. The highest BCUT2D eigenvalue weighted by atomic mass is 35.5. The molecular formula is C17H22ClN3O2S. The van der Waals surface area contributed by atoms with E-state index < -0.39 is 6.04 Å². The van der Waals surface area contributed by atoms with Gasteiger partial charge in [0.25, 0.3) is 0 Å². The van der Waals surface area contributed by atoms with E-state index in [1.807, 2.05) is 6.07 Å². The van der Waals surface area contributed by atoms with E-state index in [9.17, 15) is 4.79 Å². The summed E-state index contributed by atoms with van der Waals surface area (Å²) in [4.78, 5) is 17.8. The third-order valence-corrected chi connectivity index (χ3v) is 5.16. The molecule has 2 atom stereocenters. The van der Waals surface area contributed by atoms with Gasteiger partial charge in [0, 0.05) is 12.0 Å². The third kappa shape index (κ3) is 4.33. The van der Waals surface area contributed by atoms with Gasteiger partial charge in [-0.2, -0.15) is 0 Å². The number of aromatic nitrogens is 1. The number of amides is 1. The molecule has 0 saturated carbocycles. The number of carbonyl (C=O) groups is 1. The largest absolute Gasteiger partial charge is 0.383 e.